The fourth-order valence-electron chi connectivity index (χ4n) is 5.72. The van der Waals surface area contributed by atoms with Crippen molar-refractivity contribution in [3.63, 3.8) is 0 Å². The van der Waals surface area contributed by atoms with Gasteiger partial charge in [-0.05, 0) is 87.4 Å². The second-order valence-corrected chi connectivity index (χ2v) is 13.3. The molecule has 1 aliphatic rings. The minimum atomic E-state index is -4.09. The predicted octanol–water partition coefficient (Wildman–Crippen LogP) is 5.72. The van der Waals surface area contributed by atoms with Crippen molar-refractivity contribution >= 4 is 27.5 Å². The van der Waals surface area contributed by atoms with E-state index in [0.717, 1.165) is 47.9 Å². The molecule has 42 heavy (non-hydrogen) atoms. The van der Waals surface area contributed by atoms with Crippen LogP contribution < -0.4 is 9.62 Å². The predicted molar refractivity (Wildman–Crippen MR) is 168 cm³/mol. The molecule has 1 saturated carbocycles. The van der Waals surface area contributed by atoms with Crippen molar-refractivity contribution in [3.8, 4) is 0 Å². The van der Waals surface area contributed by atoms with Gasteiger partial charge in [0.1, 0.15) is 12.6 Å². The summed E-state index contributed by atoms with van der Waals surface area (Å²) in [6.07, 6.45) is 5.02. The highest BCUT2D eigenvalue weighted by Crippen LogP contribution is 2.27. The van der Waals surface area contributed by atoms with Crippen LogP contribution in [-0.4, -0.2) is 50.3 Å². The molecular weight excluding hydrogens is 546 g/mol. The summed E-state index contributed by atoms with van der Waals surface area (Å²) in [7, 11) is -4.09. The third-order valence-corrected chi connectivity index (χ3v) is 9.74. The number of anilines is 1. The third-order valence-electron chi connectivity index (χ3n) is 7.95. The molecule has 224 valence electrons. The standard InChI is InChI=1S/C34H43N3O4S/c1-5-32(34(39)35-29-13-9-10-14-29)36(20-19-28-11-7-6-8-12-28)33(38)24-37(30-22-26(3)21-27(4)23-30)42(40,41)31-17-15-25(2)16-18-31/h6-8,11-12,15-18,21-23,29,32H,5,9-10,13-14,19-20,24H2,1-4H3,(H,35,39). The molecule has 0 aromatic heterocycles. The van der Waals surface area contributed by atoms with Crippen molar-refractivity contribution in [1.82, 2.24) is 10.2 Å². The smallest absolute Gasteiger partial charge is 0.264 e. The number of nitrogens with one attached hydrogen (secondary N) is 1. The van der Waals surface area contributed by atoms with Gasteiger partial charge in [-0.15, -0.1) is 0 Å². The topological polar surface area (TPSA) is 86.8 Å². The summed E-state index contributed by atoms with van der Waals surface area (Å²) in [6, 6.07) is 21.4. The van der Waals surface area contributed by atoms with E-state index in [1.54, 1.807) is 41.3 Å². The molecular formula is C34H43N3O4S. The van der Waals surface area contributed by atoms with E-state index in [9.17, 15) is 18.0 Å². The van der Waals surface area contributed by atoms with Crippen LogP contribution in [0.4, 0.5) is 5.69 Å². The third kappa shape index (κ3) is 7.79. The van der Waals surface area contributed by atoms with E-state index in [2.05, 4.69) is 5.32 Å². The number of aryl methyl sites for hydroxylation is 3. The number of hydrogen-bond acceptors (Lipinski definition) is 4. The van der Waals surface area contributed by atoms with Crippen LogP contribution in [-0.2, 0) is 26.0 Å². The Balaban J connectivity index is 1.70. The van der Waals surface area contributed by atoms with Crippen molar-refractivity contribution in [3.05, 3.63) is 95.1 Å². The van der Waals surface area contributed by atoms with Crippen molar-refractivity contribution in [2.45, 2.75) is 83.2 Å². The van der Waals surface area contributed by atoms with E-state index >= 15 is 0 Å². The number of amides is 2. The molecule has 0 saturated heterocycles. The van der Waals surface area contributed by atoms with Crippen LogP contribution in [0.2, 0.25) is 0 Å². The van der Waals surface area contributed by atoms with E-state index in [-0.39, 0.29) is 16.8 Å². The number of carbonyl (C=O) groups excluding carboxylic acids is 2. The summed E-state index contributed by atoms with van der Waals surface area (Å²) in [4.78, 5) is 29.5. The van der Waals surface area contributed by atoms with Crippen LogP contribution in [0, 0.1) is 20.8 Å². The first-order valence-corrected chi connectivity index (χ1v) is 16.3. The molecule has 1 aliphatic carbocycles. The van der Waals surface area contributed by atoms with Crippen LogP contribution in [0.5, 0.6) is 0 Å². The monoisotopic (exact) mass is 589 g/mol. The second kappa shape index (κ2) is 14.0. The molecule has 1 atom stereocenters. The Bertz CT molecular complexity index is 1450. The lowest BCUT2D eigenvalue weighted by Gasteiger charge is -2.34. The Kier molecular flexibility index (Phi) is 10.4. The van der Waals surface area contributed by atoms with Crippen LogP contribution >= 0.6 is 0 Å². The first-order chi connectivity index (χ1) is 20.1. The molecule has 4 rings (SSSR count). The Labute approximate surface area is 251 Å². The summed E-state index contributed by atoms with van der Waals surface area (Å²) in [5.74, 6) is -0.584. The minimum Gasteiger partial charge on any atom is -0.352 e. The van der Waals surface area contributed by atoms with Gasteiger partial charge in [0, 0.05) is 12.6 Å². The van der Waals surface area contributed by atoms with Gasteiger partial charge in [-0.25, -0.2) is 8.42 Å². The summed E-state index contributed by atoms with van der Waals surface area (Å²) < 4.78 is 29.4. The molecule has 2 amide bonds. The van der Waals surface area contributed by atoms with Crippen LogP contribution in [0.25, 0.3) is 0 Å². The molecule has 0 heterocycles. The van der Waals surface area contributed by atoms with E-state index in [1.807, 2.05) is 64.1 Å². The quantitative estimate of drug-likeness (QED) is 0.293. The lowest BCUT2D eigenvalue weighted by Crippen LogP contribution is -2.54. The van der Waals surface area contributed by atoms with Gasteiger partial charge < -0.3 is 10.2 Å². The molecule has 1 unspecified atom stereocenters. The van der Waals surface area contributed by atoms with Crippen molar-refractivity contribution < 1.29 is 18.0 Å². The highest BCUT2D eigenvalue weighted by atomic mass is 32.2. The number of rotatable bonds is 12. The van der Waals surface area contributed by atoms with Gasteiger partial charge in [-0.2, -0.15) is 0 Å². The molecule has 0 spiro atoms. The zero-order chi connectivity index (χ0) is 30.3. The highest BCUT2D eigenvalue weighted by molar-refractivity contribution is 7.92. The number of hydrogen-bond donors (Lipinski definition) is 1. The van der Waals surface area contributed by atoms with Crippen molar-refractivity contribution in [2.24, 2.45) is 0 Å². The van der Waals surface area contributed by atoms with Gasteiger partial charge in [0.15, 0.2) is 0 Å². The fraction of sp³-hybridized carbons (Fsp3) is 0.412. The first kappa shape index (κ1) is 31.3. The lowest BCUT2D eigenvalue weighted by molar-refractivity contribution is -0.139. The largest absolute Gasteiger partial charge is 0.352 e. The zero-order valence-corrected chi connectivity index (χ0v) is 26.0. The van der Waals surface area contributed by atoms with Gasteiger partial charge in [-0.3, -0.25) is 13.9 Å². The molecule has 3 aromatic rings. The lowest BCUT2D eigenvalue weighted by atomic mass is 10.1. The Morgan fingerprint density at radius 2 is 1.50 bits per heavy atom. The maximum absolute atomic E-state index is 14.2. The Morgan fingerprint density at radius 3 is 2.10 bits per heavy atom. The maximum Gasteiger partial charge on any atom is 0.264 e. The first-order valence-electron chi connectivity index (χ1n) is 14.9. The minimum absolute atomic E-state index is 0.113. The van der Waals surface area contributed by atoms with E-state index in [1.165, 1.54) is 4.31 Å². The van der Waals surface area contributed by atoms with Gasteiger partial charge in [0.05, 0.1) is 10.6 Å². The number of carbonyl (C=O) groups is 2. The van der Waals surface area contributed by atoms with Gasteiger partial charge in [0.25, 0.3) is 10.0 Å². The zero-order valence-electron chi connectivity index (χ0n) is 25.2. The SMILES string of the molecule is CCC(C(=O)NC1CCCC1)N(CCc1ccccc1)C(=O)CN(c1cc(C)cc(C)c1)S(=O)(=O)c1ccc(C)cc1. The number of nitrogens with zero attached hydrogens (tertiary/aromatic N) is 2. The van der Waals surface area contributed by atoms with E-state index < -0.39 is 28.5 Å². The van der Waals surface area contributed by atoms with Crippen LogP contribution in [0.3, 0.4) is 0 Å². The fourth-order valence-corrected chi connectivity index (χ4v) is 7.12. The average molecular weight is 590 g/mol. The Morgan fingerprint density at radius 1 is 0.881 bits per heavy atom. The maximum atomic E-state index is 14.2. The molecule has 8 heteroatoms. The summed E-state index contributed by atoms with van der Waals surface area (Å²) in [6.45, 7) is 7.48. The summed E-state index contributed by atoms with van der Waals surface area (Å²) >= 11 is 0. The van der Waals surface area contributed by atoms with Crippen molar-refractivity contribution in [2.75, 3.05) is 17.4 Å². The molecule has 0 aliphatic heterocycles. The molecule has 0 bridgehead atoms. The molecule has 1 N–H and O–H groups in total. The highest BCUT2D eigenvalue weighted by Gasteiger charge is 2.34. The number of benzene rings is 3. The average Bonchev–Trinajstić information content (AvgIpc) is 3.47. The molecule has 0 radical (unpaired) electrons. The van der Waals surface area contributed by atoms with E-state index in [0.29, 0.717) is 25.1 Å². The summed E-state index contributed by atoms with van der Waals surface area (Å²) in [5.41, 5.74) is 4.19. The van der Waals surface area contributed by atoms with Crippen LogP contribution in [0.1, 0.15) is 61.3 Å². The Hall–Kier alpha value is -3.65. The van der Waals surface area contributed by atoms with Crippen molar-refractivity contribution in [1.29, 1.82) is 0 Å². The molecule has 3 aromatic carbocycles. The normalized spacial score (nSPS) is 14.4. The van der Waals surface area contributed by atoms with E-state index in [4.69, 9.17) is 0 Å². The molecule has 1 fully saturated rings. The van der Waals surface area contributed by atoms with Gasteiger partial charge in [-0.1, -0.05) is 73.9 Å². The summed E-state index contributed by atoms with van der Waals surface area (Å²) in [5, 5.41) is 3.16. The van der Waals surface area contributed by atoms with Gasteiger partial charge in [0.2, 0.25) is 11.8 Å². The van der Waals surface area contributed by atoms with Gasteiger partial charge >= 0.3 is 0 Å². The van der Waals surface area contributed by atoms with Crippen LogP contribution in [0.15, 0.2) is 77.7 Å². The molecule has 7 nitrogen and oxygen atoms in total. The number of sulfonamides is 1. The second-order valence-electron chi connectivity index (χ2n) is 11.4.